The number of carbonyl (C=O) groups excluding carboxylic acids is 1. The third-order valence-electron chi connectivity index (χ3n) is 4.87. The van der Waals surface area contributed by atoms with Crippen LogP contribution in [0.4, 0.5) is 24.5 Å². The molecule has 0 saturated carbocycles. The number of rotatable bonds is 4. The highest BCUT2D eigenvalue weighted by Gasteiger charge is 2.30. The molecule has 0 radical (unpaired) electrons. The van der Waals surface area contributed by atoms with E-state index in [1.165, 1.54) is 23.5 Å². The van der Waals surface area contributed by atoms with Crippen LogP contribution in [0.25, 0.3) is 5.95 Å². The SMILES string of the molecule is O=C(Nc1cnn(-c2ncc(N3CCCCC3)cn2)c1)c1ccc(C(F)(F)F)cc1. The molecule has 0 aliphatic carbocycles. The molecule has 3 aromatic rings. The molecule has 0 bridgehead atoms. The van der Waals surface area contributed by atoms with Crippen LogP contribution in [-0.2, 0) is 6.18 Å². The van der Waals surface area contributed by atoms with Crippen molar-refractivity contribution in [2.24, 2.45) is 0 Å². The molecule has 1 aromatic carbocycles. The maximum Gasteiger partial charge on any atom is 0.416 e. The van der Waals surface area contributed by atoms with Crippen molar-refractivity contribution >= 4 is 17.3 Å². The van der Waals surface area contributed by atoms with Gasteiger partial charge in [0.05, 0.1) is 41.7 Å². The van der Waals surface area contributed by atoms with E-state index in [1.54, 1.807) is 12.4 Å². The lowest BCUT2D eigenvalue weighted by Crippen LogP contribution is -2.29. The van der Waals surface area contributed by atoms with Crippen molar-refractivity contribution in [2.75, 3.05) is 23.3 Å². The lowest BCUT2D eigenvalue weighted by atomic mass is 10.1. The third kappa shape index (κ3) is 4.42. The Balaban J connectivity index is 1.42. The van der Waals surface area contributed by atoms with Gasteiger partial charge in [-0.3, -0.25) is 4.79 Å². The van der Waals surface area contributed by atoms with Gasteiger partial charge in [-0.25, -0.2) is 14.6 Å². The van der Waals surface area contributed by atoms with Crippen molar-refractivity contribution in [1.29, 1.82) is 0 Å². The third-order valence-corrected chi connectivity index (χ3v) is 4.87. The smallest absolute Gasteiger partial charge is 0.369 e. The number of piperidine rings is 1. The summed E-state index contributed by atoms with van der Waals surface area (Å²) in [5, 5.41) is 6.74. The minimum absolute atomic E-state index is 0.109. The summed E-state index contributed by atoms with van der Waals surface area (Å²) in [6.07, 6.45) is 5.56. The van der Waals surface area contributed by atoms with Gasteiger partial charge in [-0.2, -0.15) is 18.3 Å². The Bertz CT molecular complexity index is 1010. The van der Waals surface area contributed by atoms with Crippen LogP contribution in [0, 0.1) is 0 Å². The molecule has 3 heterocycles. The van der Waals surface area contributed by atoms with Gasteiger partial charge in [0.2, 0.25) is 0 Å². The zero-order chi connectivity index (χ0) is 21.1. The highest BCUT2D eigenvalue weighted by Crippen LogP contribution is 2.29. The fourth-order valence-electron chi connectivity index (χ4n) is 3.26. The van der Waals surface area contributed by atoms with E-state index in [9.17, 15) is 18.0 Å². The molecule has 2 aromatic heterocycles. The highest BCUT2D eigenvalue weighted by atomic mass is 19.4. The van der Waals surface area contributed by atoms with E-state index in [-0.39, 0.29) is 5.56 Å². The molecular weight excluding hydrogens is 397 g/mol. The molecule has 1 fully saturated rings. The van der Waals surface area contributed by atoms with Gasteiger partial charge < -0.3 is 10.2 Å². The van der Waals surface area contributed by atoms with Crippen LogP contribution in [0.1, 0.15) is 35.2 Å². The number of alkyl halides is 3. The quantitative estimate of drug-likeness (QED) is 0.698. The average Bonchev–Trinajstić information content (AvgIpc) is 3.22. The second-order valence-corrected chi connectivity index (χ2v) is 6.99. The first-order valence-corrected chi connectivity index (χ1v) is 9.51. The summed E-state index contributed by atoms with van der Waals surface area (Å²) in [5.41, 5.74) is 0.639. The molecule has 4 rings (SSSR count). The van der Waals surface area contributed by atoms with Crippen molar-refractivity contribution in [1.82, 2.24) is 19.7 Å². The van der Waals surface area contributed by atoms with Gasteiger partial charge in [0, 0.05) is 18.7 Å². The molecule has 1 saturated heterocycles. The van der Waals surface area contributed by atoms with Gasteiger partial charge in [-0.1, -0.05) is 0 Å². The highest BCUT2D eigenvalue weighted by molar-refractivity contribution is 6.04. The van der Waals surface area contributed by atoms with E-state index < -0.39 is 17.6 Å². The van der Waals surface area contributed by atoms with Crippen LogP contribution in [0.15, 0.2) is 49.1 Å². The summed E-state index contributed by atoms with van der Waals surface area (Å²) < 4.78 is 39.3. The number of nitrogens with zero attached hydrogens (tertiary/aromatic N) is 5. The molecule has 10 heteroatoms. The van der Waals surface area contributed by atoms with Gasteiger partial charge in [-0.05, 0) is 43.5 Å². The molecular formula is C20H19F3N6O. The molecule has 1 aliphatic rings. The number of amides is 1. The lowest BCUT2D eigenvalue weighted by molar-refractivity contribution is -0.137. The summed E-state index contributed by atoms with van der Waals surface area (Å²) in [6.45, 7) is 1.98. The van der Waals surface area contributed by atoms with Crippen molar-refractivity contribution < 1.29 is 18.0 Å². The maximum absolute atomic E-state index is 12.6. The molecule has 0 atom stereocenters. The fourth-order valence-corrected chi connectivity index (χ4v) is 3.26. The van der Waals surface area contributed by atoms with Crippen LogP contribution in [0.3, 0.4) is 0 Å². The monoisotopic (exact) mass is 416 g/mol. The van der Waals surface area contributed by atoms with Gasteiger partial charge in [-0.15, -0.1) is 0 Å². The van der Waals surface area contributed by atoms with E-state index in [1.807, 2.05) is 0 Å². The van der Waals surface area contributed by atoms with E-state index in [0.29, 0.717) is 11.6 Å². The topological polar surface area (TPSA) is 75.9 Å². The second kappa shape index (κ2) is 8.13. The number of aromatic nitrogens is 4. The van der Waals surface area contributed by atoms with E-state index in [4.69, 9.17) is 0 Å². The lowest BCUT2D eigenvalue weighted by Gasteiger charge is -2.28. The summed E-state index contributed by atoms with van der Waals surface area (Å²) in [5.74, 6) is -0.185. The van der Waals surface area contributed by atoms with Crippen LogP contribution < -0.4 is 10.2 Å². The Hall–Kier alpha value is -3.43. The first-order chi connectivity index (χ1) is 14.4. The minimum atomic E-state index is -4.44. The zero-order valence-electron chi connectivity index (χ0n) is 15.9. The predicted molar refractivity (Wildman–Crippen MR) is 105 cm³/mol. The van der Waals surface area contributed by atoms with E-state index in [0.717, 1.165) is 55.9 Å². The van der Waals surface area contributed by atoms with Crippen LogP contribution >= 0.6 is 0 Å². The average molecular weight is 416 g/mol. The Morgan fingerprint density at radius 2 is 1.63 bits per heavy atom. The minimum Gasteiger partial charge on any atom is -0.369 e. The van der Waals surface area contributed by atoms with Crippen LogP contribution in [0.5, 0.6) is 0 Å². The molecule has 0 unspecified atom stereocenters. The Kier molecular flexibility index (Phi) is 5.39. The normalized spacial score (nSPS) is 14.6. The first kappa shape index (κ1) is 19.9. The van der Waals surface area contributed by atoms with E-state index >= 15 is 0 Å². The number of carbonyl (C=O) groups is 1. The summed E-state index contributed by atoms with van der Waals surface area (Å²) in [6, 6.07) is 4.00. The van der Waals surface area contributed by atoms with Crippen molar-refractivity contribution in [3.05, 3.63) is 60.2 Å². The summed E-state index contributed by atoms with van der Waals surface area (Å²) in [4.78, 5) is 23.2. The number of nitrogens with one attached hydrogen (secondary N) is 1. The van der Waals surface area contributed by atoms with Gasteiger partial charge in [0.25, 0.3) is 11.9 Å². The van der Waals surface area contributed by atoms with Gasteiger partial charge in [0.1, 0.15) is 0 Å². The Morgan fingerprint density at radius 1 is 0.967 bits per heavy atom. The Morgan fingerprint density at radius 3 is 2.27 bits per heavy atom. The predicted octanol–water partition coefficient (Wildman–Crippen LogP) is 3.92. The van der Waals surface area contributed by atoms with Crippen LogP contribution in [-0.4, -0.2) is 38.7 Å². The van der Waals surface area contributed by atoms with Gasteiger partial charge in [0.15, 0.2) is 0 Å². The largest absolute Gasteiger partial charge is 0.416 e. The number of hydrogen-bond acceptors (Lipinski definition) is 5. The molecule has 1 amide bonds. The van der Waals surface area contributed by atoms with Crippen molar-refractivity contribution in [2.45, 2.75) is 25.4 Å². The fraction of sp³-hybridized carbons (Fsp3) is 0.300. The van der Waals surface area contributed by atoms with Crippen molar-refractivity contribution in [3.63, 3.8) is 0 Å². The summed E-state index contributed by atoms with van der Waals surface area (Å²) >= 11 is 0. The van der Waals surface area contributed by atoms with Crippen molar-refractivity contribution in [3.8, 4) is 5.95 Å². The molecule has 1 N–H and O–H groups in total. The standard InChI is InChI=1S/C20H19F3N6O/c21-20(22,23)15-6-4-14(5-7-15)18(30)27-16-10-26-29(13-16)19-24-11-17(12-25-19)28-8-2-1-3-9-28/h4-7,10-13H,1-3,8-9H2,(H,27,30). The maximum atomic E-state index is 12.6. The van der Waals surface area contributed by atoms with Crippen LogP contribution in [0.2, 0.25) is 0 Å². The zero-order valence-corrected chi connectivity index (χ0v) is 15.9. The number of halogens is 3. The molecule has 1 aliphatic heterocycles. The molecule has 30 heavy (non-hydrogen) atoms. The number of benzene rings is 1. The van der Waals surface area contributed by atoms with Gasteiger partial charge >= 0.3 is 6.18 Å². The molecule has 156 valence electrons. The summed E-state index contributed by atoms with van der Waals surface area (Å²) in [7, 11) is 0. The Labute approximate surface area is 170 Å². The number of anilines is 2. The first-order valence-electron chi connectivity index (χ1n) is 9.51. The van der Waals surface area contributed by atoms with E-state index in [2.05, 4.69) is 25.3 Å². The molecule has 0 spiro atoms. The second-order valence-electron chi connectivity index (χ2n) is 6.99. The number of hydrogen-bond donors (Lipinski definition) is 1. The molecule has 7 nitrogen and oxygen atoms in total.